The summed E-state index contributed by atoms with van der Waals surface area (Å²) in [6, 6.07) is 5.25. The SMILES string of the molecule is COc1cc(N)c(Cl)cc1C(=O)NN1CCN(Cc2ccsc2)CC1. The molecular formula is C17H21ClN4O2S. The third-order valence-electron chi connectivity index (χ3n) is 4.18. The van der Waals surface area contributed by atoms with Gasteiger partial charge in [0.2, 0.25) is 0 Å². The number of halogens is 1. The second-order valence-corrected chi connectivity index (χ2v) is 7.10. The van der Waals surface area contributed by atoms with E-state index in [1.165, 1.54) is 18.7 Å². The smallest absolute Gasteiger partial charge is 0.269 e. The lowest BCUT2D eigenvalue weighted by molar-refractivity contribution is 0.0602. The molecule has 6 nitrogen and oxygen atoms in total. The number of nitrogen functional groups attached to an aromatic ring is 1. The molecule has 1 aromatic carbocycles. The zero-order valence-electron chi connectivity index (χ0n) is 14.0. The van der Waals surface area contributed by atoms with E-state index in [2.05, 4.69) is 27.2 Å². The maximum Gasteiger partial charge on any atom is 0.269 e. The van der Waals surface area contributed by atoms with Gasteiger partial charge in [0.1, 0.15) is 5.75 Å². The molecule has 0 saturated carbocycles. The molecule has 3 rings (SSSR count). The summed E-state index contributed by atoms with van der Waals surface area (Å²) in [5.41, 5.74) is 10.8. The molecule has 1 amide bonds. The van der Waals surface area contributed by atoms with Gasteiger partial charge in [-0.25, -0.2) is 5.01 Å². The minimum Gasteiger partial charge on any atom is -0.496 e. The number of hydrogen-bond donors (Lipinski definition) is 2. The number of carbonyl (C=O) groups is 1. The van der Waals surface area contributed by atoms with Gasteiger partial charge in [-0.1, -0.05) is 11.6 Å². The lowest BCUT2D eigenvalue weighted by Crippen LogP contribution is -2.53. The van der Waals surface area contributed by atoms with Crippen molar-refractivity contribution in [1.82, 2.24) is 15.3 Å². The van der Waals surface area contributed by atoms with Gasteiger partial charge in [0.15, 0.2) is 0 Å². The fourth-order valence-electron chi connectivity index (χ4n) is 2.78. The molecule has 1 saturated heterocycles. The van der Waals surface area contributed by atoms with Gasteiger partial charge in [-0.2, -0.15) is 11.3 Å². The molecule has 0 atom stereocenters. The number of piperazine rings is 1. The number of anilines is 1. The van der Waals surface area contributed by atoms with Gasteiger partial charge in [0.25, 0.3) is 5.91 Å². The Hall–Kier alpha value is -1.80. The number of ether oxygens (including phenoxy) is 1. The van der Waals surface area contributed by atoms with E-state index in [4.69, 9.17) is 22.1 Å². The minimum atomic E-state index is -0.245. The number of benzene rings is 1. The van der Waals surface area contributed by atoms with E-state index in [0.29, 0.717) is 22.0 Å². The predicted octanol–water partition coefficient (Wildman–Crippen LogP) is 2.45. The molecule has 1 aliphatic heterocycles. The molecular weight excluding hydrogens is 360 g/mol. The van der Waals surface area contributed by atoms with Gasteiger partial charge < -0.3 is 10.5 Å². The largest absolute Gasteiger partial charge is 0.496 e. The fourth-order valence-corrected chi connectivity index (χ4v) is 3.60. The van der Waals surface area contributed by atoms with Gasteiger partial charge >= 0.3 is 0 Å². The van der Waals surface area contributed by atoms with E-state index >= 15 is 0 Å². The summed E-state index contributed by atoms with van der Waals surface area (Å²) < 4.78 is 5.24. The number of hydrazine groups is 1. The highest BCUT2D eigenvalue weighted by Gasteiger charge is 2.21. The van der Waals surface area contributed by atoms with Crippen LogP contribution in [0.2, 0.25) is 5.02 Å². The van der Waals surface area contributed by atoms with E-state index in [-0.39, 0.29) is 5.91 Å². The number of carbonyl (C=O) groups excluding carboxylic acids is 1. The van der Waals surface area contributed by atoms with Crippen molar-refractivity contribution in [3.05, 3.63) is 45.1 Å². The summed E-state index contributed by atoms with van der Waals surface area (Å²) in [6.45, 7) is 4.28. The van der Waals surface area contributed by atoms with Crippen molar-refractivity contribution >= 4 is 34.5 Å². The Kier molecular flexibility index (Phi) is 5.80. The zero-order valence-corrected chi connectivity index (χ0v) is 15.6. The molecule has 3 N–H and O–H groups in total. The van der Waals surface area contributed by atoms with Crippen LogP contribution in [0, 0.1) is 0 Å². The molecule has 2 heterocycles. The average molecular weight is 381 g/mol. The second-order valence-electron chi connectivity index (χ2n) is 5.91. The first-order valence-electron chi connectivity index (χ1n) is 7.99. The van der Waals surface area contributed by atoms with Crippen molar-refractivity contribution in [2.75, 3.05) is 39.0 Å². The molecule has 2 aromatic rings. The molecule has 1 aliphatic rings. The number of nitrogens with one attached hydrogen (secondary N) is 1. The van der Waals surface area contributed by atoms with Crippen LogP contribution in [0.25, 0.3) is 0 Å². The molecule has 25 heavy (non-hydrogen) atoms. The van der Waals surface area contributed by atoms with Crippen LogP contribution in [-0.4, -0.2) is 49.1 Å². The van der Waals surface area contributed by atoms with Crippen LogP contribution in [0.15, 0.2) is 29.0 Å². The second kappa shape index (κ2) is 8.05. The molecule has 8 heteroatoms. The highest BCUT2D eigenvalue weighted by Crippen LogP contribution is 2.28. The summed E-state index contributed by atoms with van der Waals surface area (Å²) >= 11 is 7.75. The third-order valence-corrected chi connectivity index (χ3v) is 5.24. The number of methoxy groups -OCH3 is 1. The number of amides is 1. The molecule has 1 fully saturated rings. The summed E-state index contributed by atoms with van der Waals surface area (Å²) in [6.07, 6.45) is 0. The van der Waals surface area contributed by atoms with Crippen molar-refractivity contribution in [3.63, 3.8) is 0 Å². The Balaban J connectivity index is 1.57. The molecule has 0 aliphatic carbocycles. The molecule has 0 radical (unpaired) electrons. The standard InChI is InChI=1S/C17H21ClN4O2S/c1-24-16-9-15(19)14(18)8-13(16)17(23)20-22-5-3-21(4-6-22)10-12-2-7-25-11-12/h2,7-9,11H,3-6,10,19H2,1H3,(H,20,23). The highest BCUT2D eigenvalue weighted by atomic mass is 35.5. The van der Waals surface area contributed by atoms with Crippen LogP contribution in [0.5, 0.6) is 5.75 Å². The van der Waals surface area contributed by atoms with Crippen molar-refractivity contribution in [3.8, 4) is 5.75 Å². The van der Waals surface area contributed by atoms with Crippen LogP contribution < -0.4 is 15.9 Å². The van der Waals surface area contributed by atoms with Crippen molar-refractivity contribution in [2.45, 2.75) is 6.54 Å². The number of hydrogen-bond acceptors (Lipinski definition) is 6. The summed E-state index contributed by atoms with van der Waals surface area (Å²) in [7, 11) is 1.50. The summed E-state index contributed by atoms with van der Waals surface area (Å²) in [5, 5.41) is 6.53. The molecule has 0 unspecified atom stereocenters. The maximum atomic E-state index is 12.5. The first-order valence-corrected chi connectivity index (χ1v) is 9.31. The van der Waals surface area contributed by atoms with Crippen LogP contribution in [0.1, 0.15) is 15.9 Å². The van der Waals surface area contributed by atoms with Gasteiger partial charge in [-0.15, -0.1) is 0 Å². The number of nitrogens with zero attached hydrogens (tertiary/aromatic N) is 2. The van der Waals surface area contributed by atoms with Crippen LogP contribution in [0.4, 0.5) is 5.69 Å². The van der Waals surface area contributed by atoms with Gasteiger partial charge in [-0.3, -0.25) is 15.1 Å². The van der Waals surface area contributed by atoms with E-state index in [1.54, 1.807) is 17.4 Å². The van der Waals surface area contributed by atoms with E-state index in [0.717, 1.165) is 32.7 Å². The minimum absolute atomic E-state index is 0.245. The van der Waals surface area contributed by atoms with Crippen LogP contribution in [0.3, 0.4) is 0 Å². The van der Waals surface area contributed by atoms with Gasteiger partial charge in [0.05, 0.1) is 23.4 Å². The van der Waals surface area contributed by atoms with Crippen LogP contribution in [-0.2, 0) is 6.54 Å². The van der Waals surface area contributed by atoms with Crippen molar-refractivity contribution in [1.29, 1.82) is 0 Å². The topological polar surface area (TPSA) is 70.8 Å². The molecule has 134 valence electrons. The fraction of sp³-hybridized carbons (Fsp3) is 0.353. The Morgan fingerprint density at radius 1 is 1.36 bits per heavy atom. The Morgan fingerprint density at radius 2 is 2.12 bits per heavy atom. The third kappa shape index (κ3) is 4.43. The first-order chi connectivity index (χ1) is 12.1. The predicted molar refractivity (Wildman–Crippen MR) is 101 cm³/mol. The Bertz CT molecular complexity index is 730. The maximum absolute atomic E-state index is 12.5. The molecule has 1 aromatic heterocycles. The summed E-state index contributed by atoms with van der Waals surface area (Å²) in [5.74, 6) is 0.167. The number of thiophene rings is 1. The zero-order chi connectivity index (χ0) is 17.8. The van der Waals surface area contributed by atoms with Crippen LogP contribution >= 0.6 is 22.9 Å². The Morgan fingerprint density at radius 3 is 2.76 bits per heavy atom. The molecule has 0 spiro atoms. The van der Waals surface area contributed by atoms with E-state index in [1.807, 2.05) is 5.01 Å². The molecule has 0 bridgehead atoms. The number of rotatable bonds is 5. The Labute approximate surface area is 156 Å². The van der Waals surface area contributed by atoms with Crippen molar-refractivity contribution < 1.29 is 9.53 Å². The summed E-state index contributed by atoms with van der Waals surface area (Å²) in [4.78, 5) is 14.9. The normalized spacial score (nSPS) is 15.9. The van der Waals surface area contributed by atoms with Gasteiger partial charge in [0, 0.05) is 38.8 Å². The van der Waals surface area contributed by atoms with E-state index < -0.39 is 0 Å². The van der Waals surface area contributed by atoms with Gasteiger partial charge in [-0.05, 0) is 28.5 Å². The quantitative estimate of drug-likeness (QED) is 0.780. The van der Waals surface area contributed by atoms with E-state index in [9.17, 15) is 4.79 Å². The van der Waals surface area contributed by atoms with Crippen molar-refractivity contribution in [2.24, 2.45) is 0 Å². The number of nitrogens with two attached hydrogens (primary N) is 1. The lowest BCUT2D eigenvalue weighted by Gasteiger charge is -2.34. The average Bonchev–Trinajstić information content (AvgIpc) is 3.11. The first kappa shape index (κ1) is 18.0. The lowest BCUT2D eigenvalue weighted by atomic mass is 10.1. The monoisotopic (exact) mass is 380 g/mol. The highest BCUT2D eigenvalue weighted by molar-refractivity contribution is 7.07.